The van der Waals surface area contributed by atoms with Gasteiger partial charge in [0.1, 0.15) is 5.82 Å². The first-order valence-corrected chi connectivity index (χ1v) is 8.48. The second kappa shape index (κ2) is 6.89. The SMILES string of the molecule is CN(CC1CCCCC1O)C(=O)C1CC(=O)Nc2cc(F)ccc21. The lowest BCUT2D eigenvalue weighted by Crippen LogP contribution is -2.41. The quantitative estimate of drug-likeness (QED) is 0.891. The summed E-state index contributed by atoms with van der Waals surface area (Å²) in [6, 6.07) is 4.12. The molecule has 0 bridgehead atoms. The number of halogens is 1. The van der Waals surface area contributed by atoms with E-state index in [2.05, 4.69) is 5.32 Å². The van der Waals surface area contributed by atoms with Crippen LogP contribution in [0.1, 0.15) is 43.6 Å². The van der Waals surface area contributed by atoms with E-state index in [-0.39, 0.29) is 30.3 Å². The number of carbonyl (C=O) groups is 2. The average molecular weight is 334 g/mol. The number of aliphatic hydroxyl groups is 1. The fourth-order valence-electron chi connectivity index (χ4n) is 3.77. The van der Waals surface area contributed by atoms with Gasteiger partial charge in [0.2, 0.25) is 11.8 Å². The molecule has 1 fully saturated rings. The zero-order chi connectivity index (χ0) is 17.3. The van der Waals surface area contributed by atoms with Gasteiger partial charge in [-0.1, -0.05) is 18.9 Å². The molecule has 2 aliphatic rings. The van der Waals surface area contributed by atoms with Gasteiger partial charge < -0.3 is 15.3 Å². The minimum absolute atomic E-state index is 0.0645. The Hall–Kier alpha value is -1.95. The van der Waals surface area contributed by atoms with Crippen LogP contribution in [0.2, 0.25) is 0 Å². The van der Waals surface area contributed by atoms with E-state index in [1.165, 1.54) is 12.1 Å². The highest BCUT2D eigenvalue weighted by Crippen LogP contribution is 2.34. The molecule has 130 valence electrons. The topological polar surface area (TPSA) is 69.6 Å². The number of likely N-dealkylation sites (N-methyl/N-ethyl adjacent to an activating group) is 1. The van der Waals surface area contributed by atoms with Crippen LogP contribution in [0.3, 0.4) is 0 Å². The van der Waals surface area contributed by atoms with E-state index in [1.54, 1.807) is 18.0 Å². The van der Waals surface area contributed by atoms with Crippen LogP contribution in [0, 0.1) is 11.7 Å². The van der Waals surface area contributed by atoms with E-state index in [0.29, 0.717) is 17.8 Å². The van der Waals surface area contributed by atoms with Gasteiger partial charge in [0.05, 0.1) is 12.0 Å². The molecule has 2 N–H and O–H groups in total. The van der Waals surface area contributed by atoms with Gasteiger partial charge in [-0.25, -0.2) is 4.39 Å². The van der Waals surface area contributed by atoms with Crippen LogP contribution in [0.4, 0.5) is 10.1 Å². The Labute approximate surface area is 140 Å². The number of fused-ring (bicyclic) bond motifs is 1. The van der Waals surface area contributed by atoms with E-state index in [0.717, 1.165) is 25.7 Å². The van der Waals surface area contributed by atoms with Gasteiger partial charge >= 0.3 is 0 Å². The maximum Gasteiger partial charge on any atom is 0.230 e. The number of nitrogens with one attached hydrogen (secondary N) is 1. The smallest absolute Gasteiger partial charge is 0.230 e. The predicted molar refractivity (Wildman–Crippen MR) is 88.0 cm³/mol. The molecular formula is C18H23FN2O3. The van der Waals surface area contributed by atoms with Crippen molar-refractivity contribution in [3.8, 4) is 0 Å². The molecule has 3 rings (SSSR count). The van der Waals surface area contributed by atoms with Crippen molar-refractivity contribution in [1.29, 1.82) is 0 Å². The summed E-state index contributed by atoms with van der Waals surface area (Å²) in [6.45, 7) is 0.481. The summed E-state index contributed by atoms with van der Waals surface area (Å²) >= 11 is 0. The number of nitrogens with zero attached hydrogens (tertiary/aromatic N) is 1. The van der Waals surface area contributed by atoms with Gasteiger partial charge in [0, 0.05) is 31.6 Å². The fraction of sp³-hybridized carbons (Fsp3) is 0.556. The maximum absolute atomic E-state index is 13.4. The van der Waals surface area contributed by atoms with Gasteiger partial charge in [-0.3, -0.25) is 9.59 Å². The number of benzene rings is 1. The standard InChI is InChI=1S/C18H23FN2O3/c1-21(10-11-4-2-3-5-16(11)22)18(24)14-9-17(23)20-15-8-12(19)6-7-13(14)15/h6-8,11,14,16,22H,2-5,9-10H2,1H3,(H,20,23). The van der Waals surface area contributed by atoms with Gasteiger partial charge in [-0.15, -0.1) is 0 Å². The molecule has 1 aliphatic heterocycles. The molecular weight excluding hydrogens is 311 g/mol. The molecule has 0 aromatic heterocycles. The predicted octanol–water partition coefficient (Wildman–Crippen LogP) is 2.26. The summed E-state index contributed by atoms with van der Waals surface area (Å²) in [6.07, 6.45) is 3.47. The fourth-order valence-corrected chi connectivity index (χ4v) is 3.77. The summed E-state index contributed by atoms with van der Waals surface area (Å²) in [7, 11) is 1.71. The highest BCUT2D eigenvalue weighted by Gasteiger charge is 2.34. The Morgan fingerprint density at radius 3 is 2.88 bits per heavy atom. The molecule has 1 aromatic rings. The third kappa shape index (κ3) is 3.43. The van der Waals surface area contributed by atoms with Crippen LogP contribution in [0.5, 0.6) is 0 Å². The second-order valence-electron chi connectivity index (χ2n) is 6.87. The Morgan fingerprint density at radius 2 is 2.12 bits per heavy atom. The zero-order valence-corrected chi connectivity index (χ0v) is 13.8. The van der Waals surface area contributed by atoms with Crippen molar-refractivity contribution < 1.29 is 19.1 Å². The van der Waals surface area contributed by atoms with Crippen LogP contribution >= 0.6 is 0 Å². The summed E-state index contributed by atoms with van der Waals surface area (Å²) in [5, 5.41) is 12.7. The molecule has 5 nitrogen and oxygen atoms in total. The Kier molecular flexibility index (Phi) is 4.85. The first-order chi connectivity index (χ1) is 11.5. The van der Waals surface area contributed by atoms with Crippen molar-refractivity contribution in [2.24, 2.45) is 5.92 Å². The highest BCUT2D eigenvalue weighted by atomic mass is 19.1. The lowest BCUT2D eigenvalue weighted by molar-refractivity contribution is -0.135. The maximum atomic E-state index is 13.4. The summed E-state index contributed by atoms with van der Waals surface area (Å²) in [4.78, 5) is 26.3. The number of hydrogen-bond donors (Lipinski definition) is 2. The lowest BCUT2D eigenvalue weighted by Gasteiger charge is -2.34. The number of carbonyl (C=O) groups excluding carboxylic acids is 2. The molecule has 3 atom stereocenters. The highest BCUT2D eigenvalue weighted by molar-refractivity contribution is 6.01. The molecule has 6 heteroatoms. The lowest BCUT2D eigenvalue weighted by atomic mass is 9.85. The zero-order valence-electron chi connectivity index (χ0n) is 13.8. The molecule has 1 aliphatic carbocycles. The molecule has 0 radical (unpaired) electrons. The van der Waals surface area contributed by atoms with Crippen molar-refractivity contribution in [3.05, 3.63) is 29.6 Å². The number of amides is 2. The van der Waals surface area contributed by atoms with Gasteiger partial charge in [-0.2, -0.15) is 0 Å². The first kappa shape index (κ1) is 16.9. The van der Waals surface area contributed by atoms with Crippen molar-refractivity contribution in [3.63, 3.8) is 0 Å². The van der Waals surface area contributed by atoms with Gasteiger partial charge in [0.15, 0.2) is 0 Å². The van der Waals surface area contributed by atoms with E-state index in [1.807, 2.05) is 0 Å². The molecule has 1 saturated carbocycles. The van der Waals surface area contributed by atoms with E-state index >= 15 is 0 Å². The van der Waals surface area contributed by atoms with Crippen molar-refractivity contribution in [2.45, 2.75) is 44.1 Å². The molecule has 1 aromatic carbocycles. The van der Waals surface area contributed by atoms with Crippen LogP contribution < -0.4 is 5.32 Å². The average Bonchev–Trinajstić information content (AvgIpc) is 2.55. The summed E-state index contributed by atoms with van der Waals surface area (Å²) in [5.74, 6) is -1.40. The van der Waals surface area contributed by atoms with Crippen molar-refractivity contribution >= 4 is 17.5 Å². The number of aliphatic hydroxyl groups excluding tert-OH is 1. The minimum Gasteiger partial charge on any atom is -0.393 e. The molecule has 2 amide bonds. The molecule has 0 saturated heterocycles. The molecule has 24 heavy (non-hydrogen) atoms. The van der Waals surface area contributed by atoms with Gasteiger partial charge in [-0.05, 0) is 30.5 Å². The molecule has 1 heterocycles. The molecule has 3 unspecified atom stereocenters. The monoisotopic (exact) mass is 334 g/mol. The third-order valence-electron chi connectivity index (χ3n) is 5.11. The van der Waals surface area contributed by atoms with Crippen molar-refractivity contribution in [1.82, 2.24) is 4.90 Å². The second-order valence-corrected chi connectivity index (χ2v) is 6.87. The van der Waals surface area contributed by atoms with Gasteiger partial charge in [0.25, 0.3) is 0 Å². The van der Waals surface area contributed by atoms with Crippen LogP contribution in [-0.2, 0) is 9.59 Å². The minimum atomic E-state index is -0.597. The van der Waals surface area contributed by atoms with E-state index in [9.17, 15) is 19.1 Å². The first-order valence-electron chi connectivity index (χ1n) is 8.48. The largest absolute Gasteiger partial charge is 0.393 e. The summed E-state index contributed by atoms with van der Waals surface area (Å²) in [5.41, 5.74) is 1.02. The number of hydrogen-bond acceptors (Lipinski definition) is 3. The molecule has 0 spiro atoms. The Balaban J connectivity index is 1.76. The number of anilines is 1. The van der Waals surface area contributed by atoms with E-state index in [4.69, 9.17) is 0 Å². The number of rotatable bonds is 3. The van der Waals surface area contributed by atoms with Crippen LogP contribution in [0.25, 0.3) is 0 Å². The van der Waals surface area contributed by atoms with Crippen LogP contribution in [-0.4, -0.2) is 41.5 Å². The normalized spacial score (nSPS) is 26.5. The van der Waals surface area contributed by atoms with Crippen molar-refractivity contribution in [2.75, 3.05) is 18.9 Å². The summed E-state index contributed by atoms with van der Waals surface area (Å²) < 4.78 is 13.4. The Morgan fingerprint density at radius 1 is 1.38 bits per heavy atom. The van der Waals surface area contributed by atoms with Crippen LogP contribution in [0.15, 0.2) is 18.2 Å². The third-order valence-corrected chi connectivity index (χ3v) is 5.11. The Bertz CT molecular complexity index is 649. The van der Waals surface area contributed by atoms with E-state index < -0.39 is 11.7 Å².